The summed E-state index contributed by atoms with van der Waals surface area (Å²) in [6.45, 7) is 4.26. The lowest BCUT2D eigenvalue weighted by molar-refractivity contribution is -0.117. The second-order valence-electron chi connectivity index (χ2n) is 4.62. The molecule has 0 bridgehead atoms. The van der Waals surface area contributed by atoms with Crippen molar-refractivity contribution in [2.75, 3.05) is 12.4 Å². The molecule has 0 aliphatic carbocycles. The van der Waals surface area contributed by atoms with Crippen LogP contribution in [-0.2, 0) is 4.79 Å². The van der Waals surface area contributed by atoms with Crippen molar-refractivity contribution in [3.8, 4) is 5.75 Å². The Morgan fingerprint density at radius 1 is 1.44 bits per heavy atom. The molecule has 1 aliphatic rings. The van der Waals surface area contributed by atoms with Crippen LogP contribution in [0.4, 0.5) is 5.69 Å². The smallest absolute Gasteiger partial charge is 0.232 e. The number of anilines is 1. The van der Waals surface area contributed by atoms with Gasteiger partial charge in [-0.25, -0.2) is 0 Å². The van der Waals surface area contributed by atoms with E-state index in [2.05, 4.69) is 19.2 Å². The molecule has 2 rings (SSSR count). The predicted octanol–water partition coefficient (Wildman–Crippen LogP) is 2.78. The molecule has 1 N–H and O–H groups in total. The van der Waals surface area contributed by atoms with Gasteiger partial charge in [0.15, 0.2) is 0 Å². The SMILES string of the molecule is COc1ccc2c(c1)C(CC(C)C)C(=O)N2. The van der Waals surface area contributed by atoms with E-state index >= 15 is 0 Å². The number of carbonyl (C=O) groups excluding carboxylic acids is 1. The summed E-state index contributed by atoms with van der Waals surface area (Å²) in [4.78, 5) is 11.8. The zero-order chi connectivity index (χ0) is 11.7. The Labute approximate surface area is 95.8 Å². The molecule has 0 saturated carbocycles. The first kappa shape index (κ1) is 11.0. The standard InChI is InChI=1S/C13H17NO2/c1-8(2)6-11-10-7-9(16-3)4-5-12(10)14-13(11)15/h4-5,7-8,11H,6H2,1-3H3,(H,14,15). The first-order valence-corrected chi connectivity index (χ1v) is 5.60. The van der Waals surface area contributed by atoms with Crippen molar-refractivity contribution in [2.45, 2.75) is 26.2 Å². The normalized spacial score (nSPS) is 18.5. The van der Waals surface area contributed by atoms with Crippen LogP contribution < -0.4 is 10.1 Å². The number of methoxy groups -OCH3 is 1. The van der Waals surface area contributed by atoms with E-state index in [9.17, 15) is 4.79 Å². The molecule has 1 amide bonds. The van der Waals surface area contributed by atoms with E-state index < -0.39 is 0 Å². The van der Waals surface area contributed by atoms with Crippen LogP contribution in [0.2, 0.25) is 0 Å². The fourth-order valence-electron chi connectivity index (χ4n) is 2.14. The molecule has 0 spiro atoms. The first-order chi connectivity index (χ1) is 7.61. The third kappa shape index (κ3) is 1.90. The minimum atomic E-state index is -0.0231. The zero-order valence-electron chi connectivity index (χ0n) is 9.91. The minimum Gasteiger partial charge on any atom is -0.497 e. The number of amides is 1. The van der Waals surface area contributed by atoms with Crippen LogP contribution >= 0.6 is 0 Å². The van der Waals surface area contributed by atoms with Crippen LogP contribution in [0.1, 0.15) is 31.7 Å². The van der Waals surface area contributed by atoms with E-state index in [0.29, 0.717) is 5.92 Å². The van der Waals surface area contributed by atoms with Gasteiger partial charge in [-0.3, -0.25) is 4.79 Å². The van der Waals surface area contributed by atoms with E-state index in [4.69, 9.17) is 4.74 Å². The van der Waals surface area contributed by atoms with Crippen LogP contribution in [0.5, 0.6) is 5.75 Å². The molecule has 1 atom stereocenters. The lowest BCUT2D eigenvalue weighted by Crippen LogP contribution is -2.13. The Kier molecular flexibility index (Phi) is 2.86. The molecule has 3 heteroatoms. The quantitative estimate of drug-likeness (QED) is 0.848. The highest BCUT2D eigenvalue weighted by atomic mass is 16.5. The monoisotopic (exact) mass is 219 g/mol. The average Bonchev–Trinajstić information content (AvgIpc) is 2.54. The lowest BCUT2D eigenvalue weighted by atomic mass is 9.91. The fraction of sp³-hybridized carbons (Fsp3) is 0.462. The van der Waals surface area contributed by atoms with Gasteiger partial charge >= 0.3 is 0 Å². The number of rotatable bonds is 3. The molecule has 1 unspecified atom stereocenters. The summed E-state index contributed by atoms with van der Waals surface area (Å²) in [6, 6.07) is 5.74. The second-order valence-corrected chi connectivity index (χ2v) is 4.62. The van der Waals surface area contributed by atoms with E-state index in [0.717, 1.165) is 23.4 Å². The van der Waals surface area contributed by atoms with E-state index in [-0.39, 0.29) is 11.8 Å². The summed E-state index contributed by atoms with van der Waals surface area (Å²) < 4.78 is 5.19. The number of fused-ring (bicyclic) bond motifs is 1. The number of ether oxygens (including phenoxy) is 1. The summed E-state index contributed by atoms with van der Waals surface area (Å²) in [6.07, 6.45) is 0.881. The molecule has 0 fully saturated rings. The van der Waals surface area contributed by atoms with Gasteiger partial charge in [0.25, 0.3) is 0 Å². The summed E-state index contributed by atoms with van der Waals surface area (Å²) in [5.74, 6) is 1.40. The number of hydrogen-bond acceptors (Lipinski definition) is 2. The summed E-state index contributed by atoms with van der Waals surface area (Å²) in [5.41, 5.74) is 1.99. The molecule has 1 aliphatic heterocycles. The maximum atomic E-state index is 11.8. The number of benzene rings is 1. The Morgan fingerprint density at radius 2 is 2.19 bits per heavy atom. The average molecular weight is 219 g/mol. The van der Waals surface area contributed by atoms with Crippen molar-refractivity contribution in [3.63, 3.8) is 0 Å². The van der Waals surface area contributed by atoms with Gasteiger partial charge in [0, 0.05) is 5.69 Å². The number of nitrogens with one attached hydrogen (secondary N) is 1. The Balaban J connectivity index is 2.34. The van der Waals surface area contributed by atoms with Gasteiger partial charge in [-0.05, 0) is 36.1 Å². The van der Waals surface area contributed by atoms with E-state index in [1.807, 2.05) is 18.2 Å². The summed E-state index contributed by atoms with van der Waals surface area (Å²) >= 11 is 0. The molecule has 16 heavy (non-hydrogen) atoms. The van der Waals surface area contributed by atoms with Gasteiger partial charge in [-0.1, -0.05) is 13.8 Å². The van der Waals surface area contributed by atoms with Crippen molar-refractivity contribution in [1.82, 2.24) is 0 Å². The molecule has 3 nitrogen and oxygen atoms in total. The van der Waals surface area contributed by atoms with Gasteiger partial charge in [-0.15, -0.1) is 0 Å². The van der Waals surface area contributed by atoms with Crippen LogP contribution in [0.3, 0.4) is 0 Å². The highest BCUT2D eigenvalue weighted by Gasteiger charge is 2.31. The molecule has 0 aromatic heterocycles. The molecule has 1 aromatic carbocycles. The fourth-order valence-corrected chi connectivity index (χ4v) is 2.14. The largest absolute Gasteiger partial charge is 0.497 e. The molecule has 0 radical (unpaired) electrons. The minimum absolute atomic E-state index is 0.0231. The third-order valence-electron chi connectivity index (χ3n) is 2.92. The molecular formula is C13H17NO2. The topological polar surface area (TPSA) is 38.3 Å². The van der Waals surface area contributed by atoms with Crippen molar-refractivity contribution < 1.29 is 9.53 Å². The van der Waals surface area contributed by atoms with Gasteiger partial charge < -0.3 is 10.1 Å². The Hall–Kier alpha value is -1.51. The van der Waals surface area contributed by atoms with Crippen LogP contribution in [0.15, 0.2) is 18.2 Å². The van der Waals surface area contributed by atoms with Gasteiger partial charge in [-0.2, -0.15) is 0 Å². The van der Waals surface area contributed by atoms with E-state index in [1.165, 1.54) is 0 Å². The highest BCUT2D eigenvalue weighted by molar-refractivity contribution is 6.03. The third-order valence-corrected chi connectivity index (χ3v) is 2.92. The van der Waals surface area contributed by atoms with E-state index in [1.54, 1.807) is 7.11 Å². The maximum absolute atomic E-state index is 11.8. The van der Waals surface area contributed by atoms with Crippen molar-refractivity contribution in [2.24, 2.45) is 5.92 Å². The second kappa shape index (κ2) is 4.16. The van der Waals surface area contributed by atoms with Crippen molar-refractivity contribution in [3.05, 3.63) is 23.8 Å². The van der Waals surface area contributed by atoms with Crippen LogP contribution in [-0.4, -0.2) is 13.0 Å². The molecular weight excluding hydrogens is 202 g/mol. The van der Waals surface area contributed by atoms with Gasteiger partial charge in [0.2, 0.25) is 5.91 Å². The first-order valence-electron chi connectivity index (χ1n) is 5.60. The maximum Gasteiger partial charge on any atom is 0.232 e. The molecule has 1 aromatic rings. The zero-order valence-corrected chi connectivity index (χ0v) is 9.91. The Morgan fingerprint density at radius 3 is 2.81 bits per heavy atom. The van der Waals surface area contributed by atoms with Crippen molar-refractivity contribution in [1.29, 1.82) is 0 Å². The number of carbonyl (C=O) groups is 1. The lowest BCUT2D eigenvalue weighted by Gasteiger charge is -2.11. The summed E-state index contributed by atoms with van der Waals surface area (Å²) in [5, 5.41) is 2.91. The highest BCUT2D eigenvalue weighted by Crippen LogP contribution is 2.38. The number of hydrogen-bond donors (Lipinski definition) is 1. The van der Waals surface area contributed by atoms with Crippen LogP contribution in [0.25, 0.3) is 0 Å². The van der Waals surface area contributed by atoms with Crippen LogP contribution in [0, 0.1) is 5.92 Å². The molecule has 0 saturated heterocycles. The van der Waals surface area contributed by atoms with Gasteiger partial charge in [0.05, 0.1) is 13.0 Å². The van der Waals surface area contributed by atoms with Gasteiger partial charge in [0.1, 0.15) is 5.75 Å². The molecule has 86 valence electrons. The summed E-state index contributed by atoms with van der Waals surface area (Å²) in [7, 11) is 1.64. The Bertz CT molecular complexity index is 412. The molecule has 1 heterocycles. The van der Waals surface area contributed by atoms with Crippen molar-refractivity contribution >= 4 is 11.6 Å². The predicted molar refractivity (Wildman–Crippen MR) is 63.8 cm³/mol.